The molecule has 0 aromatic heterocycles. The topological polar surface area (TPSA) is 77.4 Å². The average molecular weight is 917 g/mol. The Morgan fingerprint density at radius 2 is 0.456 bits per heavy atom. The van der Waals surface area contributed by atoms with Crippen molar-refractivity contribution in [2.75, 3.05) is 28.4 Å². The molecule has 6 heteroatoms. The van der Waals surface area contributed by atoms with Crippen molar-refractivity contribution in [2.24, 2.45) is 0 Å². The van der Waals surface area contributed by atoms with Crippen LogP contribution in [0, 0.1) is 0 Å². The molecule has 0 atom stereocenters. The fourth-order valence-corrected chi connectivity index (χ4v) is 9.94. The quantitative estimate of drug-likeness (QED) is 0.183. The number of hydrogen-bond donors (Lipinski definition) is 2. The van der Waals surface area contributed by atoms with Crippen molar-refractivity contribution in [2.45, 2.75) is 143 Å². The first-order valence-corrected chi connectivity index (χ1v) is 24.2. The van der Waals surface area contributed by atoms with E-state index in [2.05, 4.69) is 144 Å². The lowest BCUT2D eigenvalue weighted by atomic mass is 9.80. The molecule has 12 bridgehead atoms. The van der Waals surface area contributed by atoms with Crippen LogP contribution in [0.5, 0.6) is 34.5 Å². The van der Waals surface area contributed by atoms with E-state index >= 15 is 0 Å². The van der Waals surface area contributed by atoms with E-state index in [1.807, 2.05) is 24.3 Å². The van der Waals surface area contributed by atoms with Crippen LogP contribution in [0.25, 0.3) is 0 Å². The molecule has 7 rings (SSSR count). The zero-order valence-corrected chi connectivity index (χ0v) is 43.9. The number of rotatable bonds is 4. The van der Waals surface area contributed by atoms with E-state index in [1.165, 1.54) is 22.3 Å². The first-order chi connectivity index (χ1) is 31.8. The summed E-state index contributed by atoms with van der Waals surface area (Å²) in [4.78, 5) is 0. The first-order valence-electron chi connectivity index (χ1n) is 24.2. The van der Waals surface area contributed by atoms with Gasteiger partial charge in [-0.2, -0.15) is 0 Å². The largest absolute Gasteiger partial charge is 0.507 e. The van der Waals surface area contributed by atoms with Crippen LogP contribution >= 0.6 is 0 Å². The molecule has 6 nitrogen and oxygen atoms in total. The Labute approximate surface area is 407 Å². The molecule has 0 amide bonds. The van der Waals surface area contributed by atoms with Gasteiger partial charge in [-0.05, 0) is 111 Å². The summed E-state index contributed by atoms with van der Waals surface area (Å²) in [5.74, 6) is 3.73. The summed E-state index contributed by atoms with van der Waals surface area (Å²) in [6, 6.07) is 30.3. The zero-order chi connectivity index (χ0) is 49.7. The molecule has 0 saturated heterocycles. The predicted octanol–water partition coefficient (Wildman–Crippen LogP) is 14.2. The van der Waals surface area contributed by atoms with E-state index in [-0.39, 0.29) is 33.2 Å². The summed E-state index contributed by atoms with van der Waals surface area (Å²) >= 11 is 0. The van der Waals surface area contributed by atoms with Crippen LogP contribution in [0.15, 0.2) is 84.9 Å². The van der Waals surface area contributed by atoms with Gasteiger partial charge in [0.05, 0.1) is 28.4 Å². The van der Waals surface area contributed by atoms with Crippen molar-refractivity contribution >= 4 is 0 Å². The van der Waals surface area contributed by atoms with Crippen molar-refractivity contribution in [1.29, 1.82) is 0 Å². The lowest BCUT2D eigenvalue weighted by molar-refractivity contribution is 0.399. The number of benzene rings is 6. The van der Waals surface area contributed by atoms with Gasteiger partial charge in [0.15, 0.2) is 0 Å². The highest BCUT2D eigenvalue weighted by molar-refractivity contribution is 5.60. The second-order valence-electron chi connectivity index (χ2n) is 23.2. The van der Waals surface area contributed by atoms with Crippen LogP contribution in [0.1, 0.15) is 172 Å². The first kappa shape index (κ1) is 50.0. The Hall–Kier alpha value is -5.88. The van der Waals surface area contributed by atoms with E-state index < -0.39 is 0 Å². The molecule has 68 heavy (non-hydrogen) atoms. The lowest BCUT2D eigenvalue weighted by Gasteiger charge is -2.27. The highest BCUT2D eigenvalue weighted by atomic mass is 16.5. The van der Waals surface area contributed by atoms with Crippen LogP contribution in [0.4, 0.5) is 0 Å². The van der Waals surface area contributed by atoms with Crippen molar-refractivity contribution in [3.63, 3.8) is 0 Å². The molecule has 2 N–H and O–H groups in total. The number of para-hydroxylation sites is 2. The molecular formula is C62H76O6. The summed E-state index contributed by atoms with van der Waals surface area (Å²) in [5.41, 5.74) is 15.5. The monoisotopic (exact) mass is 917 g/mol. The SMILES string of the molecule is COc1c2cc(C(C)(C)C)cc1Cc1cc(C(C)(C)C)cc(c1OC)Cc1cccc(c1O)Cc1cc(C(C)(C)C)cc(c1OC)Cc1cc(C(C)(C)C)cc(c1OC)Cc1cccc(c1O)C2. The summed E-state index contributed by atoms with van der Waals surface area (Å²) in [5, 5.41) is 24.7. The Morgan fingerprint density at radius 3 is 0.603 bits per heavy atom. The minimum Gasteiger partial charge on any atom is -0.507 e. The number of phenolic OH excluding ortho intramolecular Hbond substituents is 2. The Balaban J connectivity index is 1.54. The number of hydrogen-bond acceptors (Lipinski definition) is 6. The van der Waals surface area contributed by atoms with Gasteiger partial charge >= 0.3 is 0 Å². The predicted molar refractivity (Wildman–Crippen MR) is 280 cm³/mol. The molecule has 0 saturated carbocycles. The van der Waals surface area contributed by atoms with Crippen molar-refractivity contribution in [3.05, 3.63) is 174 Å². The smallest absolute Gasteiger partial charge is 0.125 e. The minimum atomic E-state index is -0.168. The van der Waals surface area contributed by atoms with Gasteiger partial charge in [-0.3, -0.25) is 0 Å². The van der Waals surface area contributed by atoms with Crippen LogP contribution < -0.4 is 18.9 Å². The van der Waals surface area contributed by atoms with E-state index in [0.29, 0.717) is 38.5 Å². The van der Waals surface area contributed by atoms with Gasteiger partial charge in [0.2, 0.25) is 0 Å². The minimum absolute atomic E-state index is 0.168. The van der Waals surface area contributed by atoms with E-state index in [4.69, 9.17) is 18.9 Å². The fourth-order valence-electron chi connectivity index (χ4n) is 9.94. The van der Waals surface area contributed by atoms with Gasteiger partial charge in [-0.25, -0.2) is 0 Å². The highest BCUT2D eigenvalue weighted by Gasteiger charge is 2.28. The third-order valence-corrected chi connectivity index (χ3v) is 13.9. The maximum Gasteiger partial charge on any atom is 0.125 e. The Kier molecular flexibility index (Phi) is 13.9. The molecule has 6 aromatic carbocycles. The van der Waals surface area contributed by atoms with Gasteiger partial charge < -0.3 is 29.2 Å². The van der Waals surface area contributed by atoms with Crippen LogP contribution in [-0.4, -0.2) is 38.7 Å². The Morgan fingerprint density at radius 1 is 0.294 bits per heavy atom. The van der Waals surface area contributed by atoms with Crippen LogP contribution in [0.3, 0.4) is 0 Å². The maximum absolute atomic E-state index is 12.3. The van der Waals surface area contributed by atoms with E-state index in [0.717, 1.165) is 89.8 Å². The highest BCUT2D eigenvalue weighted by Crippen LogP contribution is 2.44. The third kappa shape index (κ3) is 10.4. The number of ether oxygens (including phenoxy) is 4. The summed E-state index contributed by atoms with van der Waals surface area (Å²) in [6.45, 7) is 26.9. The molecule has 0 unspecified atom stereocenters. The molecule has 0 spiro atoms. The number of phenols is 2. The van der Waals surface area contributed by atoms with Gasteiger partial charge in [-0.1, -0.05) is 168 Å². The van der Waals surface area contributed by atoms with Crippen LogP contribution in [0.2, 0.25) is 0 Å². The molecule has 0 aliphatic heterocycles. The number of fused-ring (bicyclic) bond motifs is 12. The Bertz CT molecular complexity index is 2460. The molecule has 0 fully saturated rings. The van der Waals surface area contributed by atoms with Crippen molar-refractivity contribution < 1.29 is 29.2 Å². The molecule has 1 aliphatic carbocycles. The van der Waals surface area contributed by atoms with Gasteiger partial charge in [0, 0.05) is 38.5 Å². The number of aromatic hydroxyl groups is 2. The van der Waals surface area contributed by atoms with Crippen LogP contribution in [-0.2, 0) is 60.2 Å². The zero-order valence-electron chi connectivity index (χ0n) is 43.9. The summed E-state index contributed by atoms with van der Waals surface area (Å²) < 4.78 is 25.6. The molecule has 6 aromatic rings. The lowest BCUT2D eigenvalue weighted by Crippen LogP contribution is -2.15. The molecule has 0 heterocycles. The van der Waals surface area contributed by atoms with Gasteiger partial charge in [-0.15, -0.1) is 0 Å². The summed E-state index contributed by atoms with van der Waals surface area (Å²) in [7, 11) is 6.98. The molecule has 1 aliphatic rings. The fraction of sp³-hybridized carbons (Fsp3) is 0.419. The average Bonchev–Trinajstić information content (AvgIpc) is 3.24. The van der Waals surface area contributed by atoms with E-state index in [9.17, 15) is 10.2 Å². The second-order valence-corrected chi connectivity index (χ2v) is 23.2. The molecule has 360 valence electrons. The normalized spacial score (nSPS) is 13.6. The molecular weight excluding hydrogens is 841 g/mol. The maximum atomic E-state index is 12.3. The standard InChI is InChI=1S/C62H76O6/c1-59(2,3)49-29-41-23-37-19-17-20-38(53(37)63)24-43-31-51(61(7,8)9)35-47(57(43)67-15)28-48-36-52(62(10,11)12)32-44(58(48)68-16)26-40-22-18-21-39(54(40)64)25-42-30-50(60(4,5)6)34-46(56(42)66-14)27-45(33-49)55(41)65-13/h17-22,29-36,63-64H,23-28H2,1-16H3. The molecule has 0 radical (unpaired) electrons. The van der Waals surface area contributed by atoms with Gasteiger partial charge in [0.25, 0.3) is 0 Å². The van der Waals surface area contributed by atoms with Crippen molar-refractivity contribution in [1.82, 2.24) is 0 Å². The number of methoxy groups -OCH3 is 4. The third-order valence-electron chi connectivity index (χ3n) is 13.9. The summed E-state index contributed by atoms with van der Waals surface area (Å²) in [6.07, 6.45) is 2.98. The van der Waals surface area contributed by atoms with Crippen molar-refractivity contribution in [3.8, 4) is 34.5 Å². The van der Waals surface area contributed by atoms with E-state index in [1.54, 1.807) is 28.4 Å². The second kappa shape index (κ2) is 18.9. The van der Waals surface area contributed by atoms with Gasteiger partial charge in [0.1, 0.15) is 34.5 Å².